The van der Waals surface area contributed by atoms with Crippen LogP contribution in [0.15, 0.2) is 65.8 Å². The Morgan fingerprint density at radius 3 is 2.11 bits per heavy atom. The molecule has 23 nitrogen and oxygen atoms in total. The van der Waals surface area contributed by atoms with Gasteiger partial charge in [0.05, 0.1) is 0 Å². The molecular weight excluding hydrogens is 905 g/mol. The lowest BCUT2D eigenvalue weighted by molar-refractivity contribution is -0.135. The molecule has 2 heterocycles. The van der Waals surface area contributed by atoms with Crippen LogP contribution in [0.2, 0.25) is 0 Å². The van der Waals surface area contributed by atoms with Crippen molar-refractivity contribution >= 4 is 70.0 Å². The minimum Gasteiger partial charge on any atom is -0.370 e. The number of nitrogens with one attached hydrogen (secondary N) is 9. The highest BCUT2D eigenvalue weighted by atomic mass is 16.2. The monoisotopic (exact) mass is 973 g/mol. The quantitative estimate of drug-likeness (QED) is 0.0344. The zero-order valence-corrected chi connectivity index (χ0v) is 39.6. The van der Waals surface area contributed by atoms with E-state index < -0.39 is 95.5 Å². The number of aromatic nitrogens is 1. The average molecular weight is 973 g/mol. The number of para-hydroxylation sites is 1. The van der Waals surface area contributed by atoms with Gasteiger partial charge in [-0.3, -0.25) is 48.1 Å². The first-order chi connectivity index (χ1) is 33.5. The molecule has 3 aromatic rings. The summed E-state index contributed by atoms with van der Waals surface area (Å²) in [6, 6.07) is 6.87. The number of amides is 9. The molecule has 9 amide bonds. The van der Waals surface area contributed by atoms with Crippen LogP contribution in [0.1, 0.15) is 82.8 Å². The Morgan fingerprint density at radius 1 is 0.771 bits per heavy atom. The van der Waals surface area contributed by atoms with E-state index in [2.05, 4.69) is 52.5 Å². The second-order valence-corrected chi connectivity index (χ2v) is 17.1. The van der Waals surface area contributed by atoms with Crippen molar-refractivity contribution in [2.24, 2.45) is 27.9 Å². The van der Waals surface area contributed by atoms with E-state index in [0.29, 0.717) is 24.0 Å². The molecule has 17 N–H and O–H groups in total. The number of rotatable bonds is 19. The molecule has 0 saturated carbocycles. The number of carbonyl (C=O) groups is 9. The number of fused-ring (bicyclic) bond motifs is 1. The van der Waals surface area contributed by atoms with Gasteiger partial charge < -0.3 is 70.5 Å². The molecule has 1 aliphatic heterocycles. The molecule has 0 radical (unpaired) electrons. The van der Waals surface area contributed by atoms with Crippen LogP contribution in [0.5, 0.6) is 0 Å². The number of nitrogens with zero attached hydrogens (tertiary/aromatic N) is 1. The van der Waals surface area contributed by atoms with E-state index >= 15 is 0 Å². The number of hydrogen-bond acceptors (Lipinski definition) is 11. The Bertz CT molecular complexity index is 2320. The smallest absolute Gasteiger partial charge is 0.243 e. The average Bonchev–Trinajstić information content (AvgIpc) is 3.73. The van der Waals surface area contributed by atoms with Crippen molar-refractivity contribution in [2.45, 2.75) is 127 Å². The van der Waals surface area contributed by atoms with E-state index in [0.717, 1.165) is 10.9 Å². The van der Waals surface area contributed by atoms with Gasteiger partial charge in [-0.25, -0.2) is 0 Å². The fourth-order valence-corrected chi connectivity index (χ4v) is 7.82. The number of primary amides is 1. The fourth-order valence-electron chi connectivity index (χ4n) is 7.82. The van der Waals surface area contributed by atoms with Gasteiger partial charge in [0, 0.05) is 56.4 Å². The molecule has 23 heteroatoms. The molecule has 0 spiro atoms. The Morgan fingerprint density at radius 2 is 1.43 bits per heavy atom. The van der Waals surface area contributed by atoms with Crippen molar-refractivity contribution in [2.75, 3.05) is 19.6 Å². The van der Waals surface area contributed by atoms with Gasteiger partial charge >= 0.3 is 0 Å². The first-order valence-electron chi connectivity index (χ1n) is 23.5. The summed E-state index contributed by atoms with van der Waals surface area (Å²) in [4.78, 5) is 130. The van der Waals surface area contributed by atoms with Gasteiger partial charge in [-0.05, 0) is 62.3 Å². The van der Waals surface area contributed by atoms with Crippen LogP contribution in [0.3, 0.4) is 0 Å². The van der Waals surface area contributed by atoms with Gasteiger partial charge in [-0.1, -0.05) is 68.3 Å². The number of benzene rings is 2. The molecule has 70 heavy (non-hydrogen) atoms. The molecule has 0 aliphatic carbocycles. The van der Waals surface area contributed by atoms with Crippen LogP contribution in [0, 0.1) is 0 Å². The SMILES string of the molecule is CCCCC(NC(C)=O)C(=O)N[C@H]1CCC(=O)NCC[C@@H](C(=O)N[C@@H](Cc2c[nH]c3ccccc23)C(N)=O)NC(=O)C(CCCN=C(N)N)NC(=O)[C@@H](Cc2ccccc2)NC(=O)C(CCN)NC1=O. The van der Waals surface area contributed by atoms with E-state index in [-0.39, 0.29) is 83.4 Å². The third-order valence-corrected chi connectivity index (χ3v) is 11.6. The summed E-state index contributed by atoms with van der Waals surface area (Å²) in [7, 11) is 0. The number of hydrogen-bond donors (Lipinski definition) is 13. The minimum atomic E-state index is -1.43. The Kier molecular flexibility index (Phi) is 22.1. The maximum atomic E-state index is 14.4. The number of guanidine groups is 1. The van der Waals surface area contributed by atoms with Crippen molar-refractivity contribution in [3.63, 3.8) is 0 Å². The molecule has 380 valence electrons. The summed E-state index contributed by atoms with van der Waals surface area (Å²) in [6.45, 7) is 2.90. The summed E-state index contributed by atoms with van der Waals surface area (Å²) in [5, 5.41) is 22.1. The van der Waals surface area contributed by atoms with Crippen LogP contribution < -0.4 is 65.5 Å². The second-order valence-electron chi connectivity index (χ2n) is 17.1. The number of nitrogens with two attached hydrogens (primary N) is 4. The van der Waals surface area contributed by atoms with Crippen molar-refractivity contribution in [3.05, 3.63) is 71.9 Å². The molecule has 7 atom stereocenters. The highest BCUT2D eigenvalue weighted by Gasteiger charge is 2.34. The summed E-state index contributed by atoms with van der Waals surface area (Å²) in [5.41, 5.74) is 24.9. The largest absolute Gasteiger partial charge is 0.370 e. The molecular formula is C47H68N14O9. The van der Waals surface area contributed by atoms with Crippen LogP contribution >= 0.6 is 0 Å². The van der Waals surface area contributed by atoms with Gasteiger partial charge in [0.1, 0.15) is 42.3 Å². The summed E-state index contributed by atoms with van der Waals surface area (Å²) in [5.74, 6) is -7.00. The first-order valence-corrected chi connectivity index (χ1v) is 23.5. The predicted molar refractivity (Wildman–Crippen MR) is 260 cm³/mol. The Balaban J connectivity index is 1.73. The van der Waals surface area contributed by atoms with Gasteiger partial charge in [-0.15, -0.1) is 0 Å². The molecule has 2 aromatic carbocycles. The standard InChI is InChI=1S/C47H68N14O9/c1-3-4-14-32(55-27(2)62)41(65)57-34-17-18-39(63)52-23-20-36(45(69)60-37(40(49)64)25-29-26-54-31-15-9-8-13-30(29)31)59-42(66)33(16-10-22-53-47(50)51)56-46(70)38(24-28-11-6-5-7-12-28)61-44(68)35(19-21-48)58-43(34)67/h5-9,11-13,15,26,32-38,54H,3-4,10,14,16-25,48H2,1-2H3,(H2,49,64)(H,52,63)(H,55,62)(H,56,70)(H,57,65)(H,58,67)(H,59,66)(H,60,69)(H,61,68)(H4,50,51,53)/t32?,33?,34-,35?,36-,37-,38+/m0/s1. The van der Waals surface area contributed by atoms with Crippen LogP contribution in [0.4, 0.5) is 0 Å². The second kappa shape index (κ2) is 28.1. The summed E-state index contributed by atoms with van der Waals surface area (Å²) < 4.78 is 0. The first kappa shape index (κ1) is 55.0. The Labute approximate surface area is 406 Å². The van der Waals surface area contributed by atoms with E-state index in [1.165, 1.54) is 6.92 Å². The zero-order chi connectivity index (χ0) is 51.2. The maximum absolute atomic E-state index is 14.4. The lowest BCUT2D eigenvalue weighted by Gasteiger charge is -2.27. The number of carbonyl (C=O) groups excluding carboxylic acids is 9. The fraction of sp³-hybridized carbons (Fsp3) is 0.489. The van der Waals surface area contributed by atoms with E-state index in [4.69, 9.17) is 22.9 Å². The zero-order valence-electron chi connectivity index (χ0n) is 39.6. The van der Waals surface area contributed by atoms with E-state index in [1.807, 2.05) is 31.2 Å². The van der Waals surface area contributed by atoms with E-state index in [9.17, 15) is 43.2 Å². The highest BCUT2D eigenvalue weighted by molar-refractivity contribution is 5.98. The van der Waals surface area contributed by atoms with Gasteiger partial charge in [0.2, 0.25) is 53.2 Å². The van der Waals surface area contributed by atoms with Crippen LogP contribution in [-0.4, -0.2) is 126 Å². The van der Waals surface area contributed by atoms with Crippen molar-refractivity contribution in [1.82, 2.24) is 47.5 Å². The lowest BCUT2D eigenvalue weighted by atomic mass is 10.0. The van der Waals surface area contributed by atoms with Gasteiger partial charge in [-0.2, -0.15) is 0 Å². The molecule has 1 aliphatic rings. The highest BCUT2D eigenvalue weighted by Crippen LogP contribution is 2.19. The number of aliphatic imine (C=N–C) groups is 1. The molecule has 1 saturated heterocycles. The minimum absolute atomic E-state index is 0.0118. The molecule has 1 fully saturated rings. The molecule has 4 rings (SSSR count). The third-order valence-electron chi connectivity index (χ3n) is 11.6. The molecule has 1 aromatic heterocycles. The number of H-pyrrole nitrogens is 1. The number of aromatic amines is 1. The van der Waals surface area contributed by atoms with Gasteiger partial charge in [0.15, 0.2) is 5.96 Å². The summed E-state index contributed by atoms with van der Waals surface area (Å²) >= 11 is 0. The van der Waals surface area contributed by atoms with E-state index in [1.54, 1.807) is 36.5 Å². The van der Waals surface area contributed by atoms with Crippen molar-refractivity contribution < 1.29 is 43.2 Å². The van der Waals surface area contributed by atoms with Crippen molar-refractivity contribution in [3.8, 4) is 0 Å². The lowest BCUT2D eigenvalue weighted by Crippen LogP contribution is -2.60. The predicted octanol–water partition coefficient (Wildman–Crippen LogP) is -2.26. The summed E-state index contributed by atoms with van der Waals surface area (Å²) in [6.07, 6.45) is 2.27. The van der Waals surface area contributed by atoms with Crippen LogP contribution in [0.25, 0.3) is 10.9 Å². The normalized spacial score (nSPS) is 20.6. The Hall–Kier alpha value is -7.56. The number of unbranched alkanes of at least 4 members (excludes halogenated alkanes) is 1. The van der Waals surface area contributed by atoms with Crippen molar-refractivity contribution in [1.29, 1.82) is 0 Å². The molecule has 0 bridgehead atoms. The van der Waals surface area contributed by atoms with Crippen LogP contribution in [-0.2, 0) is 56.0 Å². The maximum Gasteiger partial charge on any atom is 0.243 e. The molecule has 3 unspecified atom stereocenters. The third kappa shape index (κ3) is 17.8. The topological polar surface area (TPSA) is 382 Å². The van der Waals surface area contributed by atoms with Gasteiger partial charge in [0.25, 0.3) is 0 Å².